The summed E-state index contributed by atoms with van der Waals surface area (Å²) in [6, 6.07) is 3.77. The fourth-order valence-corrected chi connectivity index (χ4v) is 7.10. The van der Waals surface area contributed by atoms with Gasteiger partial charge in [-0.1, -0.05) is 0 Å². The fraction of sp³-hybridized carbons (Fsp3) is 0.704. The molecule has 3 saturated heterocycles. The van der Waals surface area contributed by atoms with Crippen LogP contribution in [0.3, 0.4) is 0 Å². The van der Waals surface area contributed by atoms with Crippen LogP contribution in [0.1, 0.15) is 24.0 Å². The van der Waals surface area contributed by atoms with Crippen LogP contribution in [0, 0.1) is 31.6 Å². The second-order valence-electron chi connectivity index (χ2n) is 10.9. The first-order valence-electron chi connectivity index (χ1n) is 13.3. The highest BCUT2D eigenvalue weighted by atomic mass is 32.2. The molecule has 3 aliphatic heterocycles. The molecule has 0 spiro atoms. The molecule has 1 aromatic carbocycles. The highest BCUT2D eigenvalue weighted by Gasteiger charge is 2.44. The number of fused-ring (bicyclic) bond motifs is 1. The first-order chi connectivity index (χ1) is 17.7. The zero-order valence-corrected chi connectivity index (χ0v) is 23.7. The Morgan fingerprint density at radius 1 is 1.03 bits per heavy atom. The van der Waals surface area contributed by atoms with Crippen molar-refractivity contribution in [2.24, 2.45) is 17.8 Å². The molecule has 0 aromatic heterocycles. The molecule has 4 rings (SSSR count). The first-order valence-corrected chi connectivity index (χ1v) is 14.4. The van der Waals surface area contributed by atoms with Crippen molar-refractivity contribution in [3.05, 3.63) is 23.3 Å². The van der Waals surface area contributed by atoms with Gasteiger partial charge in [0.05, 0.1) is 18.6 Å². The maximum atomic E-state index is 13.1. The Labute approximate surface area is 223 Å². The van der Waals surface area contributed by atoms with E-state index in [1.807, 2.05) is 35.8 Å². The average molecular weight is 535 g/mol. The van der Waals surface area contributed by atoms with Gasteiger partial charge in [-0.3, -0.25) is 9.59 Å². The average Bonchev–Trinajstić information content (AvgIpc) is 3.45. The fourth-order valence-electron chi connectivity index (χ4n) is 5.88. The van der Waals surface area contributed by atoms with Crippen molar-refractivity contribution < 1.29 is 23.3 Å². The number of carbonyl (C=O) groups excluding carboxylic acids is 2. The minimum absolute atomic E-state index is 0.00628. The predicted molar refractivity (Wildman–Crippen MR) is 143 cm³/mol. The van der Waals surface area contributed by atoms with E-state index >= 15 is 0 Å². The number of hydrogen-bond acceptors (Lipinski definition) is 6. The summed E-state index contributed by atoms with van der Waals surface area (Å²) in [5.41, 5.74) is 1.84. The molecule has 206 valence electrons. The highest BCUT2D eigenvalue weighted by Crippen LogP contribution is 2.33. The number of benzene rings is 1. The van der Waals surface area contributed by atoms with Gasteiger partial charge in [-0.05, 0) is 70.1 Å². The van der Waals surface area contributed by atoms with Gasteiger partial charge in [-0.2, -0.15) is 0 Å². The normalized spacial score (nSPS) is 23.5. The monoisotopic (exact) mass is 534 g/mol. The number of likely N-dealkylation sites (tertiary alicyclic amines) is 3. The van der Waals surface area contributed by atoms with Crippen molar-refractivity contribution in [1.82, 2.24) is 19.0 Å². The molecule has 1 aromatic rings. The van der Waals surface area contributed by atoms with E-state index in [1.54, 1.807) is 18.5 Å². The first kappa shape index (κ1) is 28.0. The highest BCUT2D eigenvalue weighted by molar-refractivity contribution is 7.82. The standard InChI is InChI=1S/C27H42N4O5S/c1-19-12-24(35-5)13-20(2)26(19)37(34)29(4)10-11-36-18-25(32)30-14-22-16-31(17-23(22)15-30)27(33)21-6-8-28(3)9-7-21/h12-13,21-23H,6-11,14-18H2,1-5H3/t22-,23+,37?. The third-order valence-corrected chi connectivity index (χ3v) is 9.86. The van der Waals surface area contributed by atoms with Crippen LogP contribution in [0.15, 0.2) is 17.0 Å². The molecule has 1 unspecified atom stereocenters. The maximum Gasteiger partial charge on any atom is 0.248 e. The van der Waals surface area contributed by atoms with Gasteiger partial charge in [-0.25, -0.2) is 8.51 Å². The topological polar surface area (TPSA) is 82.6 Å². The van der Waals surface area contributed by atoms with Crippen LogP contribution in [0.2, 0.25) is 0 Å². The number of rotatable bonds is 9. The third kappa shape index (κ3) is 6.53. The second kappa shape index (κ2) is 12.2. The van der Waals surface area contributed by atoms with Gasteiger partial charge in [0.25, 0.3) is 0 Å². The van der Waals surface area contributed by atoms with Gasteiger partial charge >= 0.3 is 0 Å². The summed E-state index contributed by atoms with van der Waals surface area (Å²) in [6.45, 7) is 9.57. The molecule has 3 aliphatic rings. The summed E-state index contributed by atoms with van der Waals surface area (Å²) in [5.74, 6) is 1.94. The number of ether oxygens (including phenoxy) is 2. The molecule has 0 bridgehead atoms. The number of nitrogens with zero attached hydrogens (tertiary/aromatic N) is 4. The second-order valence-corrected chi connectivity index (χ2v) is 12.4. The summed E-state index contributed by atoms with van der Waals surface area (Å²) in [5, 5.41) is 0. The van der Waals surface area contributed by atoms with E-state index < -0.39 is 11.0 Å². The van der Waals surface area contributed by atoms with E-state index in [0.717, 1.165) is 60.8 Å². The van der Waals surface area contributed by atoms with Crippen LogP contribution in [0.25, 0.3) is 0 Å². The molecule has 9 nitrogen and oxygen atoms in total. The van der Waals surface area contributed by atoms with Crippen molar-refractivity contribution >= 4 is 22.8 Å². The molecule has 0 saturated carbocycles. The van der Waals surface area contributed by atoms with Gasteiger partial charge < -0.3 is 24.2 Å². The van der Waals surface area contributed by atoms with Crippen molar-refractivity contribution in [3.63, 3.8) is 0 Å². The van der Waals surface area contributed by atoms with Crippen LogP contribution in [0.4, 0.5) is 0 Å². The summed E-state index contributed by atoms with van der Waals surface area (Å²) in [7, 11) is 4.20. The van der Waals surface area contributed by atoms with E-state index in [1.165, 1.54) is 0 Å². The Balaban J connectivity index is 1.17. The minimum atomic E-state index is -1.32. The molecule has 10 heteroatoms. The SMILES string of the molecule is COc1cc(C)c(S(=O)N(C)CCOCC(=O)N2C[C@@H]3CN(C(=O)C4CCN(C)CC4)C[C@@H]3C2)c(C)c1. The molecule has 37 heavy (non-hydrogen) atoms. The zero-order valence-electron chi connectivity index (χ0n) is 22.9. The van der Waals surface area contributed by atoms with E-state index in [9.17, 15) is 13.8 Å². The molecule has 0 aliphatic carbocycles. The summed E-state index contributed by atoms with van der Waals surface area (Å²) >= 11 is 0. The van der Waals surface area contributed by atoms with Crippen molar-refractivity contribution in [2.45, 2.75) is 31.6 Å². The number of piperidine rings is 1. The van der Waals surface area contributed by atoms with E-state index in [2.05, 4.69) is 11.9 Å². The van der Waals surface area contributed by atoms with Crippen LogP contribution in [-0.2, 0) is 25.3 Å². The molecule has 0 radical (unpaired) electrons. The molecule has 3 heterocycles. The van der Waals surface area contributed by atoms with Gasteiger partial charge in [0.15, 0.2) is 0 Å². The molecule has 3 atom stereocenters. The Bertz CT molecular complexity index is 976. The largest absolute Gasteiger partial charge is 0.497 e. The van der Waals surface area contributed by atoms with Crippen LogP contribution >= 0.6 is 0 Å². The summed E-state index contributed by atoms with van der Waals surface area (Å²) in [6.07, 6.45) is 1.90. The molecular formula is C27H42N4O5S. The Kier molecular flexibility index (Phi) is 9.26. The molecule has 3 fully saturated rings. The summed E-state index contributed by atoms with van der Waals surface area (Å²) < 4.78 is 25.8. The number of likely N-dealkylation sites (N-methyl/N-ethyl adjacent to an activating group) is 1. The van der Waals surface area contributed by atoms with E-state index in [0.29, 0.717) is 44.0 Å². The Morgan fingerprint density at radius 3 is 2.16 bits per heavy atom. The number of carbonyl (C=O) groups is 2. The lowest BCUT2D eigenvalue weighted by Gasteiger charge is -2.31. The lowest BCUT2D eigenvalue weighted by atomic mass is 9.96. The Morgan fingerprint density at radius 2 is 1.59 bits per heavy atom. The zero-order chi connectivity index (χ0) is 26.7. The van der Waals surface area contributed by atoms with Gasteiger partial charge in [0.1, 0.15) is 23.3 Å². The number of amides is 2. The molecule has 0 N–H and O–H groups in total. The Hall–Kier alpha value is -2.01. The lowest BCUT2D eigenvalue weighted by molar-refractivity contribution is -0.137. The lowest BCUT2D eigenvalue weighted by Crippen LogP contribution is -2.42. The quantitative estimate of drug-likeness (QED) is 0.447. The minimum Gasteiger partial charge on any atom is -0.497 e. The van der Waals surface area contributed by atoms with Crippen LogP contribution in [-0.4, -0.2) is 115 Å². The van der Waals surface area contributed by atoms with Gasteiger partial charge in [0, 0.05) is 57.5 Å². The van der Waals surface area contributed by atoms with Crippen molar-refractivity contribution in [2.75, 3.05) is 80.2 Å². The van der Waals surface area contributed by atoms with Gasteiger partial charge in [-0.15, -0.1) is 0 Å². The maximum absolute atomic E-state index is 13.1. The number of aryl methyl sites for hydroxylation is 2. The summed E-state index contributed by atoms with van der Waals surface area (Å²) in [4.78, 5) is 32.7. The predicted octanol–water partition coefficient (Wildman–Crippen LogP) is 1.54. The van der Waals surface area contributed by atoms with Crippen molar-refractivity contribution in [3.8, 4) is 5.75 Å². The van der Waals surface area contributed by atoms with Crippen LogP contribution < -0.4 is 4.74 Å². The third-order valence-electron chi connectivity index (χ3n) is 8.12. The number of methoxy groups -OCH3 is 1. The molecular weight excluding hydrogens is 492 g/mol. The van der Waals surface area contributed by atoms with Gasteiger partial charge in [0.2, 0.25) is 11.8 Å². The smallest absolute Gasteiger partial charge is 0.248 e. The molecule has 2 amide bonds. The van der Waals surface area contributed by atoms with Crippen molar-refractivity contribution in [1.29, 1.82) is 0 Å². The number of hydrogen-bond donors (Lipinski definition) is 0. The van der Waals surface area contributed by atoms with E-state index in [4.69, 9.17) is 9.47 Å². The van der Waals surface area contributed by atoms with E-state index in [-0.39, 0.29) is 18.4 Å². The van der Waals surface area contributed by atoms with Crippen LogP contribution in [0.5, 0.6) is 5.75 Å².